The normalized spacial score (nSPS) is 12.2. The van der Waals surface area contributed by atoms with E-state index in [-0.39, 0.29) is 11.7 Å². The molecule has 2 rings (SSSR count). The molecule has 0 radical (unpaired) electrons. The molecule has 0 saturated heterocycles. The highest BCUT2D eigenvalue weighted by Crippen LogP contribution is 2.23. The van der Waals surface area contributed by atoms with Crippen molar-refractivity contribution in [3.8, 4) is 0 Å². The number of nitrogens with zero attached hydrogens (tertiary/aromatic N) is 1. The van der Waals surface area contributed by atoms with Crippen molar-refractivity contribution < 1.29 is 4.79 Å². The average Bonchev–Trinajstić information content (AvgIpc) is 2.41. The number of aryl methyl sites for hydroxylation is 1. The number of Topliss-reactive ketones (excluding diaryl/α,β-unsaturated/α-hetero) is 1. The summed E-state index contributed by atoms with van der Waals surface area (Å²) >= 11 is 0. The van der Waals surface area contributed by atoms with Crippen molar-refractivity contribution in [2.75, 3.05) is 0 Å². The molecule has 2 nitrogen and oxygen atoms in total. The van der Waals surface area contributed by atoms with Crippen LogP contribution < -0.4 is 0 Å². The van der Waals surface area contributed by atoms with Crippen LogP contribution in [-0.4, -0.2) is 10.8 Å². The Hall–Kier alpha value is -1.96. The van der Waals surface area contributed by atoms with Crippen LogP contribution >= 0.6 is 0 Å². The van der Waals surface area contributed by atoms with Crippen LogP contribution in [-0.2, 0) is 0 Å². The maximum Gasteiger partial charge on any atom is 0.170 e. The summed E-state index contributed by atoms with van der Waals surface area (Å²) in [5.41, 5.74) is 4.06. The third kappa shape index (κ3) is 2.33. The molecule has 0 N–H and O–H groups in total. The zero-order chi connectivity index (χ0) is 13.1. The third-order valence-electron chi connectivity index (χ3n) is 3.47. The Morgan fingerprint density at radius 1 is 1.11 bits per heavy atom. The van der Waals surface area contributed by atoms with Gasteiger partial charge < -0.3 is 0 Å². The Morgan fingerprint density at radius 3 is 2.44 bits per heavy atom. The smallest absolute Gasteiger partial charge is 0.170 e. The first-order valence-electron chi connectivity index (χ1n) is 6.11. The van der Waals surface area contributed by atoms with E-state index in [0.29, 0.717) is 0 Å². The molecular weight excluding hydrogens is 222 g/mol. The largest absolute Gasteiger partial charge is 0.293 e. The molecule has 1 unspecified atom stereocenters. The lowest BCUT2D eigenvalue weighted by Crippen LogP contribution is -2.11. The van der Waals surface area contributed by atoms with Crippen molar-refractivity contribution in [2.45, 2.75) is 26.7 Å². The van der Waals surface area contributed by atoms with Gasteiger partial charge in [0.1, 0.15) is 0 Å². The number of aromatic nitrogens is 1. The molecule has 2 heteroatoms. The molecular formula is C16H17NO. The van der Waals surface area contributed by atoms with Crippen LogP contribution in [0.1, 0.15) is 39.9 Å². The Labute approximate surface area is 108 Å². The summed E-state index contributed by atoms with van der Waals surface area (Å²) in [7, 11) is 0. The topological polar surface area (TPSA) is 30.0 Å². The number of hydrogen-bond donors (Lipinski definition) is 0. The summed E-state index contributed by atoms with van der Waals surface area (Å²) in [6.07, 6.45) is 3.45. The molecule has 0 fully saturated rings. The number of hydrogen-bond acceptors (Lipinski definition) is 2. The fraction of sp³-hybridized carbons (Fsp3) is 0.250. The van der Waals surface area contributed by atoms with E-state index < -0.39 is 0 Å². The molecule has 92 valence electrons. The Bertz CT molecular complexity index is 561. The van der Waals surface area contributed by atoms with Gasteiger partial charge in [0.25, 0.3) is 0 Å². The Balaban J connectivity index is 2.35. The molecule has 1 aromatic heterocycles. The summed E-state index contributed by atoms with van der Waals surface area (Å²) < 4.78 is 0. The summed E-state index contributed by atoms with van der Waals surface area (Å²) in [6.45, 7) is 5.98. The van der Waals surface area contributed by atoms with Gasteiger partial charge in [-0.2, -0.15) is 0 Å². The summed E-state index contributed by atoms with van der Waals surface area (Å²) in [6, 6.07) is 9.67. The van der Waals surface area contributed by atoms with Gasteiger partial charge in [0.15, 0.2) is 5.78 Å². The van der Waals surface area contributed by atoms with E-state index in [1.807, 2.05) is 51.1 Å². The fourth-order valence-corrected chi connectivity index (χ4v) is 2.05. The van der Waals surface area contributed by atoms with Gasteiger partial charge in [-0.05, 0) is 42.7 Å². The van der Waals surface area contributed by atoms with Crippen LogP contribution in [0.5, 0.6) is 0 Å². The van der Waals surface area contributed by atoms with Gasteiger partial charge in [-0.1, -0.05) is 25.1 Å². The van der Waals surface area contributed by atoms with Gasteiger partial charge in [0.2, 0.25) is 0 Å². The predicted octanol–water partition coefficient (Wildman–Crippen LogP) is 3.68. The van der Waals surface area contributed by atoms with Gasteiger partial charge in [-0.3, -0.25) is 9.78 Å². The summed E-state index contributed by atoms with van der Waals surface area (Å²) in [4.78, 5) is 16.5. The molecule has 2 aromatic rings. The lowest BCUT2D eigenvalue weighted by Gasteiger charge is -2.13. The molecule has 0 saturated carbocycles. The van der Waals surface area contributed by atoms with Gasteiger partial charge in [0, 0.05) is 23.9 Å². The SMILES string of the molecule is Cc1cccc(C(=O)C(C)c2ccncc2)c1C. The molecule has 0 aliphatic carbocycles. The van der Waals surface area contributed by atoms with Crippen LogP contribution in [0.15, 0.2) is 42.7 Å². The minimum absolute atomic E-state index is 0.131. The van der Waals surface area contributed by atoms with Crippen molar-refractivity contribution >= 4 is 5.78 Å². The number of ketones is 1. The van der Waals surface area contributed by atoms with Gasteiger partial charge in [0.05, 0.1) is 0 Å². The molecule has 1 aromatic carbocycles. The van der Waals surface area contributed by atoms with Crippen LogP contribution in [0.3, 0.4) is 0 Å². The first-order valence-corrected chi connectivity index (χ1v) is 6.11. The second-order valence-corrected chi connectivity index (χ2v) is 4.61. The molecule has 0 amide bonds. The molecule has 1 atom stereocenters. The van der Waals surface area contributed by atoms with E-state index in [1.165, 1.54) is 0 Å². The number of benzene rings is 1. The standard InChI is InChI=1S/C16H17NO/c1-11-5-4-6-15(12(11)2)16(18)13(3)14-7-9-17-10-8-14/h4-10,13H,1-3H3. The van der Waals surface area contributed by atoms with Gasteiger partial charge in [-0.25, -0.2) is 0 Å². The molecule has 0 aliphatic heterocycles. The van der Waals surface area contributed by atoms with Crippen molar-refractivity contribution in [1.82, 2.24) is 4.98 Å². The van der Waals surface area contributed by atoms with Crippen LogP contribution in [0, 0.1) is 13.8 Å². The maximum absolute atomic E-state index is 12.5. The Kier molecular flexibility index (Phi) is 3.56. The van der Waals surface area contributed by atoms with Crippen LogP contribution in [0.2, 0.25) is 0 Å². The van der Waals surface area contributed by atoms with E-state index in [4.69, 9.17) is 0 Å². The predicted molar refractivity (Wildman–Crippen MR) is 72.9 cm³/mol. The minimum atomic E-state index is -0.131. The summed E-state index contributed by atoms with van der Waals surface area (Å²) in [5, 5.41) is 0. The van der Waals surface area contributed by atoms with Crippen molar-refractivity contribution in [1.29, 1.82) is 0 Å². The van der Waals surface area contributed by atoms with Gasteiger partial charge in [-0.15, -0.1) is 0 Å². The van der Waals surface area contributed by atoms with E-state index in [0.717, 1.165) is 22.3 Å². The van der Waals surface area contributed by atoms with E-state index >= 15 is 0 Å². The zero-order valence-electron chi connectivity index (χ0n) is 11.0. The maximum atomic E-state index is 12.5. The fourth-order valence-electron chi connectivity index (χ4n) is 2.05. The third-order valence-corrected chi connectivity index (χ3v) is 3.47. The first-order chi connectivity index (χ1) is 8.61. The highest BCUT2D eigenvalue weighted by molar-refractivity contribution is 6.02. The monoisotopic (exact) mass is 239 g/mol. The van der Waals surface area contributed by atoms with E-state index in [1.54, 1.807) is 12.4 Å². The number of pyridine rings is 1. The second kappa shape index (κ2) is 5.13. The van der Waals surface area contributed by atoms with Crippen molar-refractivity contribution in [3.63, 3.8) is 0 Å². The molecule has 0 bridgehead atoms. The summed E-state index contributed by atoms with van der Waals surface area (Å²) in [5.74, 6) is 0.0379. The molecule has 1 heterocycles. The second-order valence-electron chi connectivity index (χ2n) is 4.61. The van der Waals surface area contributed by atoms with E-state index in [9.17, 15) is 4.79 Å². The highest BCUT2D eigenvalue weighted by atomic mass is 16.1. The lowest BCUT2D eigenvalue weighted by molar-refractivity contribution is 0.0965. The number of rotatable bonds is 3. The highest BCUT2D eigenvalue weighted by Gasteiger charge is 2.18. The lowest BCUT2D eigenvalue weighted by atomic mass is 9.89. The first kappa shape index (κ1) is 12.5. The average molecular weight is 239 g/mol. The van der Waals surface area contributed by atoms with Crippen LogP contribution in [0.4, 0.5) is 0 Å². The number of carbonyl (C=O) groups is 1. The van der Waals surface area contributed by atoms with E-state index in [2.05, 4.69) is 4.98 Å². The van der Waals surface area contributed by atoms with Crippen LogP contribution in [0.25, 0.3) is 0 Å². The number of carbonyl (C=O) groups excluding carboxylic acids is 1. The minimum Gasteiger partial charge on any atom is -0.293 e. The van der Waals surface area contributed by atoms with Crippen molar-refractivity contribution in [3.05, 3.63) is 65.0 Å². The van der Waals surface area contributed by atoms with Gasteiger partial charge >= 0.3 is 0 Å². The molecule has 18 heavy (non-hydrogen) atoms. The molecule has 0 aliphatic rings. The molecule has 0 spiro atoms. The quantitative estimate of drug-likeness (QED) is 0.765. The zero-order valence-corrected chi connectivity index (χ0v) is 11.0. The van der Waals surface area contributed by atoms with Crippen molar-refractivity contribution in [2.24, 2.45) is 0 Å². The Morgan fingerprint density at radius 2 is 1.78 bits per heavy atom.